The predicted octanol–water partition coefficient (Wildman–Crippen LogP) is 12.3. The van der Waals surface area contributed by atoms with E-state index in [9.17, 15) is 9.90 Å². The molecule has 0 spiro atoms. The maximum atomic E-state index is 12.2. The number of nitrogens with zero attached hydrogens (tertiary/aromatic N) is 1. The molecule has 1 N–H and O–H groups in total. The molecule has 6 rings (SSSR count). The first kappa shape index (κ1) is 37.1. The van der Waals surface area contributed by atoms with Gasteiger partial charge in [-0.2, -0.15) is 0 Å². The minimum atomic E-state index is -0.337. The van der Waals surface area contributed by atoms with Gasteiger partial charge in [-0.25, -0.2) is 0 Å². The first-order valence-electron chi connectivity index (χ1n) is 16.9. The summed E-state index contributed by atoms with van der Waals surface area (Å²) in [5.41, 5.74) is 4.83. The van der Waals surface area contributed by atoms with Crippen LogP contribution in [0.2, 0.25) is 0 Å². The SMILES string of the molecule is CC(C)(C)c1cc(-c2nccc3c2oc2ccc4ccoc4c23)[c-]c2ccccc12.CCC(C)(CC)C(=O)/C=C(\O)C(C)(CC)CC.[Ir]. The number of aliphatic hydroxyl groups excluding tert-OH is 1. The number of benzene rings is 3. The summed E-state index contributed by atoms with van der Waals surface area (Å²) in [6.45, 7) is 18.8. The van der Waals surface area contributed by atoms with Crippen molar-refractivity contribution in [3.63, 3.8) is 0 Å². The van der Waals surface area contributed by atoms with Crippen LogP contribution in [-0.4, -0.2) is 15.9 Å². The maximum Gasteiger partial charge on any atom is 0.164 e. The number of ketones is 1. The fourth-order valence-corrected chi connectivity index (χ4v) is 6.07. The zero-order chi connectivity index (χ0) is 34.1. The van der Waals surface area contributed by atoms with Crippen molar-refractivity contribution in [1.29, 1.82) is 0 Å². The molecule has 0 saturated carbocycles. The van der Waals surface area contributed by atoms with E-state index in [0.29, 0.717) is 0 Å². The molecule has 0 bridgehead atoms. The van der Waals surface area contributed by atoms with E-state index < -0.39 is 0 Å². The molecule has 5 nitrogen and oxygen atoms in total. The number of carbonyl (C=O) groups is 1. The van der Waals surface area contributed by atoms with Gasteiger partial charge in [0.1, 0.15) is 22.5 Å². The molecule has 0 fully saturated rings. The molecule has 48 heavy (non-hydrogen) atoms. The van der Waals surface area contributed by atoms with E-state index in [2.05, 4.69) is 57.2 Å². The van der Waals surface area contributed by atoms with Crippen LogP contribution in [0, 0.1) is 16.9 Å². The van der Waals surface area contributed by atoms with Crippen molar-refractivity contribution in [3.8, 4) is 11.3 Å². The molecule has 3 aromatic carbocycles. The summed E-state index contributed by atoms with van der Waals surface area (Å²) in [7, 11) is 0. The van der Waals surface area contributed by atoms with Crippen molar-refractivity contribution in [1.82, 2.24) is 4.98 Å². The summed E-state index contributed by atoms with van der Waals surface area (Å²) in [6, 6.07) is 22.2. The topological polar surface area (TPSA) is 76.5 Å². The van der Waals surface area contributed by atoms with Gasteiger partial charge in [0.2, 0.25) is 0 Å². The van der Waals surface area contributed by atoms with E-state index in [1.54, 1.807) is 6.26 Å². The van der Waals surface area contributed by atoms with Crippen LogP contribution in [0.15, 0.2) is 87.7 Å². The summed E-state index contributed by atoms with van der Waals surface area (Å²) in [5, 5.41) is 15.5. The minimum absolute atomic E-state index is 0. The van der Waals surface area contributed by atoms with E-state index in [0.717, 1.165) is 75.2 Å². The minimum Gasteiger partial charge on any atom is -0.512 e. The molecule has 3 aromatic heterocycles. The zero-order valence-corrected chi connectivity index (χ0v) is 32.1. The molecule has 6 heteroatoms. The molecular weight excluding hydrogens is 775 g/mol. The third-order valence-corrected chi connectivity index (χ3v) is 10.4. The average Bonchev–Trinajstić information content (AvgIpc) is 3.71. The van der Waals surface area contributed by atoms with E-state index in [4.69, 9.17) is 13.8 Å². The van der Waals surface area contributed by atoms with Gasteiger partial charge in [-0.05, 0) is 55.4 Å². The average molecular weight is 823 g/mol. The number of hydrogen-bond donors (Lipinski definition) is 1. The van der Waals surface area contributed by atoms with Gasteiger partial charge in [0.25, 0.3) is 0 Å². The molecule has 0 aliphatic heterocycles. The third-order valence-electron chi connectivity index (χ3n) is 10.4. The van der Waals surface area contributed by atoms with Crippen molar-refractivity contribution in [3.05, 3.63) is 90.5 Å². The Hall–Kier alpha value is -3.73. The van der Waals surface area contributed by atoms with E-state index >= 15 is 0 Å². The number of pyridine rings is 1. The normalized spacial score (nSPS) is 12.7. The van der Waals surface area contributed by atoms with E-state index in [1.165, 1.54) is 17.0 Å². The van der Waals surface area contributed by atoms with Crippen LogP contribution >= 0.6 is 0 Å². The Balaban J connectivity index is 0.000000251. The van der Waals surface area contributed by atoms with Crippen LogP contribution in [0.4, 0.5) is 0 Å². The fraction of sp³-hybridized carbons (Fsp3) is 0.381. The fourth-order valence-electron chi connectivity index (χ4n) is 6.07. The standard InChI is InChI=1S/C27H20NO2.C15H28O2.Ir/c1-27(2,3)21-15-18(14-17-6-4-5-7-19(17)21)24-26-20(10-12-28-24)23-22(30-26)9-8-16-11-13-29-25(16)23;1-7-14(5,8-2)12(16)11-13(17)15(6,9-3)10-4;/h4-13,15H,1-3H3;11,16H,7-10H2,1-6H3;/q-1;;/b;12-11-;. The summed E-state index contributed by atoms with van der Waals surface area (Å²) in [6.07, 6.45) is 8.32. The Bertz CT molecular complexity index is 2080. The molecule has 0 aliphatic carbocycles. The van der Waals surface area contributed by atoms with Gasteiger partial charge < -0.3 is 13.9 Å². The molecule has 0 unspecified atom stereocenters. The summed E-state index contributed by atoms with van der Waals surface area (Å²) >= 11 is 0. The van der Waals surface area contributed by atoms with Gasteiger partial charge in [0.15, 0.2) is 5.78 Å². The van der Waals surface area contributed by atoms with Crippen LogP contribution in [0.3, 0.4) is 0 Å². The number of rotatable bonds is 8. The van der Waals surface area contributed by atoms with E-state index in [1.807, 2.05) is 72.0 Å². The molecule has 255 valence electrons. The number of aromatic nitrogens is 1. The van der Waals surface area contributed by atoms with Gasteiger partial charge in [-0.3, -0.25) is 9.78 Å². The number of carbonyl (C=O) groups excluding carboxylic acids is 1. The molecule has 0 aliphatic rings. The van der Waals surface area contributed by atoms with Crippen molar-refractivity contribution >= 4 is 49.5 Å². The largest absolute Gasteiger partial charge is 0.512 e. The van der Waals surface area contributed by atoms with Crippen molar-refractivity contribution in [2.45, 2.75) is 93.4 Å². The monoisotopic (exact) mass is 823 g/mol. The van der Waals surface area contributed by atoms with E-state index in [-0.39, 0.29) is 47.9 Å². The van der Waals surface area contributed by atoms with Gasteiger partial charge >= 0.3 is 0 Å². The number of furan rings is 2. The Kier molecular flexibility index (Phi) is 11.1. The Morgan fingerprint density at radius 2 is 1.52 bits per heavy atom. The van der Waals surface area contributed by atoms with Crippen LogP contribution in [0.5, 0.6) is 0 Å². The Labute approximate surface area is 298 Å². The Morgan fingerprint density at radius 3 is 2.17 bits per heavy atom. The van der Waals surface area contributed by atoms with Gasteiger partial charge in [0, 0.05) is 59.7 Å². The molecule has 3 heterocycles. The third kappa shape index (κ3) is 6.88. The quantitative estimate of drug-likeness (QED) is 0.0940. The first-order chi connectivity index (χ1) is 22.3. The van der Waals surface area contributed by atoms with Crippen LogP contribution in [0.25, 0.3) is 54.9 Å². The summed E-state index contributed by atoms with van der Waals surface area (Å²) in [5.74, 6) is 0.286. The zero-order valence-electron chi connectivity index (χ0n) is 29.7. The summed E-state index contributed by atoms with van der Waals surface area (Å²) in [4.78, 5) is 16.9. The van der Waals surface area contributed by atoms with Crippen LogP contribution < -0.4 is 0 Å². The Morgan fingerprint density at radius 1 is 0.854 bits per heavy atom. The molecular formula is C42H48IrNO4-. The van der Waals surface area contributed by atoms with Gasteiger partial charge in [-0.15, -0.1) is 29.1 Å². The molecule has 0 saturated heterocycles. The molecule has 6 aromatic rings. The number of aliphatic hydroxyl groups is 1. The second-order valence-corrected chi connectivity index (χ2v) is 14.2. The maximum absolute atomic E-state index is 12.2. The van der Waals surface area contributed by atoms with Crippen molar-refractivity contribution in [2.75, 3.05) is 0 Å². The predicted molar refractivity (Wildman–Crippen MR) is 195 cm³/mol. The van der Waals surface area contributed by atoms with Crippen LogP contribution in [0.1, 0.15) is 93.6 Å². The second-order valence-electron chi connectivity index (χ2n) is 14.2. The summed E-state index contributed by atoms with van der Waals surface area (Å²) < 4.78 is 12.1. The number of fused-ring (bicyclic) bond motifs is 6. The second kappa shape index (κ2) is 14.4. The first-order valence-corrected chi connectivity index (χ1v) is 16.9. The molecule has 0 atom stereocenters. The number of hydrogen-bond acceptors (Lipinski definition) is 5. The van der Waals surface area contributed by atoms with Crippen LogP contribution in [-0.2, 0) is 30.3 Å². The smallest absolute Gasteiger partial charge is 0.164 e. The van der Waals surface area contributed by atoms with Gasteiger partial charge in [0.05, 0.1) is 11.6 Å². The molecule has 0 amide bonds. The molecule has 1 radical (unpaired) electrons. The van der Waals surface area contributed by atoms with Gasteiger partial charge in [-0.1, -0.05) is 91.5 Å². The van der Waals surface area contributed by atoms with Crippen molar-refractivity contribution in [2.24, 2.45) is 10.8 Å². The van der Waals surface area contributed by atoms with Crippen molar-refractivity contribution < 1.29 is 38.8 Å². The number of allylic oxidation sites excluding steroid dienone is 2.